The molecule has 2 atom stereocenters. The number of amides is 2. The fourth-order valence-corrected chi connectivity index (χ4v) is 4.06. The van der Waals surface area contributed by atoms with Crippen molar-refractivity contribution < 1.29 is 23.9 Å². The first-order chi connectivity index (χ1) is 14.1. The molecule has 0 unspecified atom stereocenters. The Morgan fingerprint density at radius 2 is 1.93 bits per heavy atom. The number of rotatable bonds is 5. The lowest BCUT2D eigenvalue weighted by Gasteiger charge is -2.16. The van der Waals surface area contributed by atoms with Gasteiger partial charge in [-0.3, -0.25) is 14.4 Å². The van der Waals surface area contributed by atoms with Crippen molar-refractivity contribution in [1.29, 1.82) is 0 Å². The van der Waals surface area contributed by atoms with Crippen LogP contribution < -0.4 is 10.6 Å². The third-order valence-corrected chi connectivity index (χ3v) is 5.87. The highest BCUT2D eigenvalue weighted by Gasteiger charge is 2.33. The van der Waals surface area contributed by atoms with E-state index in [0.29, 0.717) is 24.1 Å². The lowest BCUT2D eigenvalue weighted by atomic mass is 10.1. The summed E-state index contributed by atoms with van der Waals surface area (Å²) < 4.78 is 14.7. The van der Waals surface area contributed by atoms with Gasteiger partial charge in [-0.25, -0.2) is 4.39 Å². The molecule has 1 heterocycles. The van der Waals surface area contributed by atoms with Gasteiger partial charge in [-0.15, -0.1) is 0 Å². The Labute approximate surface area is 178 Å². The monoisotopic (exact) mass is 435 g/mol. The van der Waals surface area contributed by atoms with Crippen LogP contribution in [0.3, 0.4) is 0 Å². The van der Waals surface area contributed by atoms with E-state index >= 15 is 0 Å². The molecular weight excluding hydrogens is 413 g/mol. The Hall–Kier alpha value is -2.71. The van der Waals surface area contributed by atoms with Gasteiger partial charge in [0.15, 0.2) is 0 Å². The maximum absolute atomic E-state index is 13.4. The van der Waals surface area contributed by atoms with Crippen LogP contribution in [0.5, 0.6) is 0 Å². The Balaban J connectivity index is 1.85. The molecule has 0 radical (unpaired) electrons. The lowest BCUT2D eigenvalue weighted by molar-refractivity contribution is -0.118. The smallest absolute Gasteiger partial charge is 0.294 e. The molecule has 1 aliphatic carbocycles. The first kappa shape index (κ1) is 22.0. The molecule has 160 valence electrons. The summed E-state index contributed by atoms with van der Waals surface area (Å²) in [6.07, 6.45) is 1.25. The number of nitrogens with one attached hydrogen (secondary N) is 2. The fraction of sp³-hybridized carbons (Fsp3) is 0.381. The van der Waals surface area contributed by atoms with Gasteiger partial charge in [0, 0.05) is 12.7 Å². The van der Waals surface area contributed by atoms with Crippen molar-refractivity contribution in [3.8, 4) is 0 Å². The Bertz CT molecular complexity index is 1030. The minimum Gasteiger partial charge on any atom is -0.391 e. The maximum atomic E-state index is 13.4. The van der Waals surface area contributed by atoms with Crippen LogP contribution in [0.25, 0.3) is 0 Å². The molecule has 2 aromatic rings. The number of aliphatic hydroxyl groups excluding tert-OH is 1. The number of carbonyl (C=O) groups is 3. The van der Waals surface area contributed by atoms with Crippen LogP contribution in [-0.4, -0.2) is 39.4 Å². The van der Waals surface area contributed by atoms with Crippen molar-refractivity contribution in [2.24, 2.45) is 7.05 Å². The molecule has 1 aromatic carbocycles. The van der Waals surface area contributed by atoms with E-state index in [0.717, 1.165) is 6.42 Å². The SMILES string of the molecule is Cc1cc(NC(=O)c2c(C)c(C(=O)C(=O)N[C@@H]3CCC[C@@H]3O)n(C)c2Cl)ccc1F. The third kappa shape index (κ3) is 4.11. The molecule has 1 saturated carbocycles. The predicted octanol–water partition coefficient (Wildman–Crippen LogP) is 2.90. The van der Waals surface area contributed by atoms with E-state index in [9.17, 15) is 23.9 Å². The maximum Gasteiger partial charge on any atom is 0.294 e. The number of carbonyl (C=O) groups excluding carboxylic acids is 3. The highest BCUT2D eigenvalue weighted by Crippen LogP contribution is 2.28. The Morgan fingerprint density at radius 1 is 1.23 bits per heavy atom. The van der Waals surface area contributed by atoms with Gasteiger partial charge in [-0.05, 0) is 62.4 Å². The number of hydrogen-bond acceptors (Lipinski definition) is 4. The predicted molar refractivity (Wildman–Crippen MR) is 110 cm³/mol. The number of nitrogens with zero attached hydrogens (tertiary/aromatic N) is 1. The molecule has 3 N–H and O–H groups in total. The minimum atomic E-state index is -0.859. The van der Waals surface area contributed by atoms with Crippen LogP contribution in [0.2, 0.25) is 5.15 Å². The molecule has 0 aliphatic heterocycles. The van der Waals surface area contributed by atoms with Gasteiger partial charge < -0.3 is 20.3 Å². The second kappa shape index (κ2) is 8.57. The number of aliphatic hydroxyl groups is 1. The number of aromatic nitrogens is 1. The molecule has 7 nitrogen and oxygen atoms in total. The van der Waals surface area contributed by atoms with E-state index in [1.54, 1.807) is 6.92 Å². The summed E-state index contributed by atoms with van der Waals surface area (Å²) in [6, 6.07) is 3.66. The van der Waals surface area contributed by atoms with Gasteiger partial charge in [0.2, 0.25) is 0 Å². The van der Waals surface area contributed by atoms with Crippen LogP contribution in [0.1, 0.15) is 51.2 Å². The van der Waals surface area contributed by atoms with Gasteiger partial charge in [0.05, 0.1) is 23.4 Å². The average Bonchev–Trinajstić information content (AvgIpc) is 3.18. The normalized spacial score (nSPS) is 18.3. The van der Waals surface area contributed by atoms with Gasteiger partial charge in [0.1, 0.15) is 11.0 Å². The van der Waals surface area contributed by atoms with Gasteiger partial charge >= 0.3 is 0 Å². The summed E-state index contributed by atoms with van der Waals surface area (Å²) in [5, 5.41) is 15.1. The first-order valence-electron chi connectivity index (χ1n) is 9.57. The molecule has 3 rings (SSSR count). The van der Waals surface area contributed by atoms with Crippen LogP contribution in [0.4, 0.5) is 10.1 Å². The van der Waals surface area contributed by atoms with Crippen molar-refractivity contribution in [2.45, 2.75) is 45.3 Å². The quantitative estimate of drug-likeness (QED) is 0.496. The number of benzene rings is 1. The van der Waals surface area contributed by atoms with Crippen LogP contribution in [0, 0.1) is 19.7 Å². The molecular formula is C21H23ClFN3O4. The summed E-state index contributed by atoms with van der Waals surface area (Å²) in [4.78, 5) is 38.0. The zero-order chi connectivity index (χ0) is 22.2. The largest absolute Gasteiger partial charge is 0.391 e. The zero-order valence-corrected chi connectivity index (χ0v) is 17.6. The van der Waals surface area contributed by atoms with E-state index in [2.05, 4.69) is 10.6 Å². The molecule has 0 saturated heterocycles. The minimum absolute atomic E-state index is 0.000819. The van der Waals surface area contributed by atoms with E-state index in [-0.39, 0.29) is 22.0 Å². The van der Waals surface area contributed by atoms with E-state index in [1.165, 1.54) is 36.7 Å². The number of hydrogen-bond donors (Lipinski definition) is 3. The first-order valence-corrected chi connectivity index (χ1v) is 9.95. The van der Waals surface area contributed by atoms with Crippen molar-refractivity contribution in [3.63, 3.8) is 0 Å². The highest BCUT2D eigenvalue weighted by molar-refractivity contribution is 6.44. The van der Waals surface area contributed by atoms with Crippen LogP contribution >= 0.6 is 11.6 Å². The highest BCUT2D eigenvalue weighted by atomic mass is 35.5. The summed E-state index contributed by atoms with van der Waals surface area (Å²) >= 11 is 6.30. The topological polar surface area (TPSA) is 100 Å². The number of halogens is 2. The van der Waals surface area contributed by atoms with Gasteiger partial charge in [-0.1, -0.05) is 11.6 Å². The summed E-state index contributed by atoms with van der Waals surface area (Å²) in [7, 11) is 1.49. The second-order valence-corrected chi connectivity index (χ2v) is 7.88. The zero-order valence-electron chi connectivity index (χ0n) is 16.9. The third-order valence-electron chi connectivity index (χ3n) is 5.43. The molecule has 0 bridgehead atoms. The number of ketones is 1. The van der Waals surface area contributed by atoms with E-state index < -0.39 is 35.6 Å². The molecule has 2 amide bonds. The molecule has 1 aromatic heterocycles. The molecule has 0 spiro atoms. The average molecular weight is 436 g/mol. The van der Waals surface area contributed by atoms with Gasteiger partial charge in [0.25, 0.3) is 17.6 Å². The van der Waals surface area contributed by atoms with E-state index in [1.807, 2.05) is 0 Å². The summed E-state index contributed by atoms with van der Waals surface area (Å²) in [6.45, 7) is 3.10. The van der Waals surface area contributed by atoms with Gasteiger partial charge in [-0.2, -0.15) is 0 Å². The summed E-state index contributed by atoms with van der Waals surface area (Å²) in [5.74, 6) is -2.67. The Kier molecular flexibility index (Phi) is 6.28. The van der Waals surface area contributed by atoms with Crippen molar-refractivity contribution >= 4 is 34.9 Å². The van der Waals surface area contributed by atoms with Crippen molar-refractivity contribution in [2.75, 3.05) is 5.32 Å². The molecule has 1 aliphatic rings. The lowest BCUT2D eigenvalue weighted by Crippen LogP contribution is -2.43. The van der Waals surface area contributed by atoms with Crippen molar-refractivity contribution in [3.05, 3.63) is 51.6 Å². The molecule has 30 heavy (non-hydrogen) atoms. The number of aryl methyl sites for hydroxylation is 1. The standard InChI is InChI=1S/C21H23ClFN3O4/c1-10-9-12(7-8-13(10)23)24-20(29)16-11(2)17(26(3)19(16)22)18(28)21(30)25-14-5-4-6-15(14)27/h7-9,14-15,27H,4-6H2,1-3H3,(H,24,29)(H,25,30)/t14-,15+/m1/s1. The number of Topliss-reactive ketones (excluding diaryl/α,β-unsaturated/α-hetero) is 1. The second-order valence-electron chi connectivity index (χ2n) is 7.52. The Morgan fingerprint density at radius 3 is 2.53 bits per heavy atom. The fourth-order valence-electron chi connectivity index (χ4n) is 3.74. The van der Waals surface area contributed by atoms with E-state index in [4.69, 9.17) is 11.6 Å². The number of anilines is 1. The van der Waals surface area contributed by atoms with Crippen molar-refractivity contribution in [1.82, 2.24) is 9.88 Å². The summed E-state index contributed by atoms with van der Waals surface area (Å²) in [5.41, 5.74) is 1.04. The molecule has 9 heteroatoms. The van der Waals surface area contributed by atoms with Crippen LogP contribution in [0.15, 0.2) is 18.2 Å². The van der Waals surface area contributed by atoms with Crippen LogP contribution in [-0.2, 0) is 11.8 Å². The molecule has 1 fully saturated rings.